The summed E-state index contributed by atoms with van der Waals surface area (Å²) in [6.07, 6.45) is 0. The zero-order valence-electron chi connectivity index (χ0n) is 10.2. The molecule has 0 radical (unpaired) electrons. The van der Waals surface area contributed by atoms with Gasteiger partial charge >= 0.3 is 10.2 Å². The molecule has 21 heavy (non-hydrogen) atoms. The van der Waals surface area contributed by atoms with Crippen LogP contribution in [0.5, 0.6) is 0 Å². The normalized spacial score (nSPS) is 12.4. The van der Waals surface area contributed by atoms with Crippen molar-refractivity contribution in [2.24, 2.45) is 0 Å². The van der Waals surface area contributed by atoms with Crippen LogP contribution in [0.1, 0.15) is 0 Å². The molecule has 11 heteroatoms. The summed E-state index contributed by atoms with van der Waals surface area (Å²) in [4.78, 5) is -1.26. The number of hydrogen-bond donors (Lipinski definition) is 1. The van der Waals surface area contributed by atoms with Gasteiger partial charge in [-0.05, 0) is 24.1 Å². The topological polar surface area (TPSA) is 73.2 Å². The van der Waals surface area contributed by atoms with Crippen molar-refractivity contribution in [1.82, 2.24) is 3.71 Å². The summed E-state index contributed by atoms with van der Waals surface area (Å²) in [5.41, 5.74) is 0.323. The lowest BCUT2D eigenvalue weighted by Crippen LogP contribution is -2.35. The lowest BCUT2D eigenvalue weighted by Gasteiger charge is -2.26. The summed E-state index contributed by atoms with van der Waals surface area (Å²) in [6.45, 7) is -0.492. The fourth-order valence-corrected chi connectivity index (χ4v) is 4.18. The van der Waals surface area contributed by atoms with E-state index in [4.69, 9.17) is 51.7 Å². The van der Waals surface area contributed by atoms with Gasteiger partial charge in [-0.3, -0.25) is 4.72 Å². The molecular formula is C10H9Cl4N3O2S2. The van der Waals surface area contributed by atoms with E-state index in [1.54, 1.807) is 36.4 Å². The van der Waals surface area contributed by atoms with E-state index in [1.165, 1.54) is 0 Å². The Hall–Kier alpha value is -0.0700. The first-order chi connectivity index (χ1) is 9.69. The number of alkyl halides is 4. The fraction of sp³-hybridized carbons (Fsp3) is 0.300. The zero-order valence-corrected chi connectivity index (χ0v) is 14.9. The average Bonchev–Trinajstić information content (AvgIpc) is 2.38. The van der Waals surface area contributed by atoms with Gasteiger partial charge in [0.2, 0.25) is 3.67 Å². The Morgan fingerprint density at radius 2 is 1.90 bits per heavy atom. The molecule has 0 saturated heterocycles. The number of halogens is 4. The number of rotatable bonds is 7. The maximum Gasteiger partial charge on any atom is 0.312 e. The van der Waals surface area contributed by atoms with Gasteiger partial charge in [0.25, 0.3) is 0 Å². The summed E-state index contributed by atoms with van der Waals surface area (Å²) < 4.78 is 25.6. The van der Waals surface area contributed by atoms with Crippen LogP contribution >= 0.6 is 58.4 Å². The van der Waals surface area contributed by atoms with E-state index in [2.05, 4.69) is 4.72 Å². The van der Waals surface area contributed by atoms with Crippen LogP contribution in [0.2, 0.25) is 0 Å². The highest BCUT2D eigenvalue weighted by atomic mass is 35.5. The first kappa shape index (κ1) is 19.0. The summed E-state index contributed by atoms with van der Waals surface area (Å²) in [5, 5.41) is 8.75. The second-order valence-electron chi connectivity index (χ2n) is 3.55. The maximum atomic E-state index is 12.2. The van der Waals surface area contributed by atoms with Crippen LogP contribution in [-0.4, -0.2) is 27.2 Å². The van der Waals surface area contributed by atoms with Crippen LogP contribution in [0.4, 0.5) is 5.69 Å². The van der Waals surface area contributed by atoms with Gasteiger partial charge in [-0.1, -0.05) is 41.4 Å². The Bertz CT molecular complexity index is 604. The number of nitriles is 1. The summed E-state index contributed by atoms with van der Waals surface area (Å²) >= 11 is 23.3. The Kier molecular flexibility index (Phi) is 7.20. The monoisotopic (exact) mass is 407 g/mol. The molecule has 0 atom stereocenters. The minimum absolute atomic E-state index is 0.323. The van der Waals surface area contributed by atoms with Crippen molar-refractivity contribution < 1.29 is 8.42 Å². The molecule has 116 valence electrons. The van der Waals surface area contributed by atoms with Gasteiger partial charge in [0.15, 0.2) is 4.84 Å². The number of anilines is 1. The van der Waals surface area contributed by atoms with E-state index in [0.29, 0.717) is 21.3 Å². The molecule has 1 N–H and O–H groups in total. The molecule has 1 rings (SSSR count). The molecule has 0 fully saturated rings. The zero-order chi connectivity index (χ0) is 16.1. The van der Waals surface area contributed by atoms with Gasteiger partial charge in [-0.2, -0.15) is 13.7 Å². The number of para-hydroxylation sites is 1. The van der Waals surface area contributed by atoms with Crippen molar-refractivity contribution in [3.8, 4) is 6.07 Å². The van der Waals surface area contributed by atoms with Crippen molar-refractivity contribution in [3.05, 3.63) is 30.3 Å². The van der Waals surface area contributed by atoms with Crippen molar-refractivity contribution in [3.63, 3.8) is 0 Å². The van der Waals surface area contributed by atoms with Crippen molar-refractivity contribution in [2.75, 3.05) is 11.3 Å². The third kappa shape index (κ3) is 5.91. The van der Waals surface area contributed by atoms with E-state index in [1.807, 2.05) is 0 Å². The third-order valence-corrected chi connectivity index (χ3v) is 6.96. The van der Waals surface area contributed by atoms with Crippen molar-refractivity contribution >= 4 is 74.2 Å². The molecule has 0 aromatic heterocycles. The lowest BCUT2D eigenvalue weighted by molar-refractivity contribution is 0.562. The highest BCUT2D eigenvalue weighted by Gasteiger charge is 2.39. The van der Waals surface area contributed by atoms with E-state index in [9.17, 15) is 8.42 Å². The number of nitrogens with zero attached hydrogens (tertiary/aromatic N) is 2. The van der Waals surface area contributed by atoms with Gasteiger partial charge in [0.05, 0.1) is 6.07 Å². The largest absolute Gasteiger partial charge is 0.312 e. The lowest BCUT2D eigenvalue weighted by atomic mass is 10.3. The summed E-state index contributed by atoms with van der Waals surface area (Å²) in [6, 6.07) is 9.84. The van der Waals surface area contributed by atoms with Crippen LogP contribution in [0.25, 0.3) is 0 Å². The van der Waals surface area contributed by atoms with E-state index < -0.39 is 25.3 Å². The van der Waals surface area contributed by atoms with Crippen LogP contribution in [0.3, 0.4) is 0 Å². The van der Waals surface area contributed by atoms with Gasteiger partial charge in [0.1, 0.15) is 6.54 Å². The molecule has 1 aromatic rings. The Labute approximate surface area is 147 Å². The SMILES string of the molecule is N#CCN(SC(Cl)(Cl)C(Cl)Cl)S(=O)(=O)Nc1ccccc1. The smallest absolute Gasteiger partial charge is 0.270 e. The van der Waals surface area contributed by atoms with Crippen LogP contribution in [0, 0.1) is 11.3 Å². The Morgan fingerprint density at radius 3 is 2.38 bits per heavy atom. The predicted molar refractivity (Wildman–Crippen MR) is 88.8 cm³/mol. The van der Waals surface area contributed by atoms with E-state index >= 15 is 0 Å². The second kappa shape index (κ2) is 7.97. The van der Waals surface area contributed by atoms with Gasteiger partial charge in [-0.25, -0.2) is 0 Å². The summed E-state index contributed by atoms with van der Waals surface area (Å²) in [7, 11) is -4.07. The molecule has 0 saturated carbocycles. The molecule has 5 nitrogen and oxygen atoms in total. The van der Waals surface area contributed by atoms with Crippen LogP contribution in [-0.2, 0) is 10.2 Å². The number of nitrogens with one attached hydrogen (secondary N) is 1. The molecule has 0 bridgehead atoms. The average molecular weight is 409 g/mol. The van der Waals surface area contributed by atoms with E-state index in [0.717, 1.165) is 0 Å². The highest BCUT2D eigenvalue weighted by Crippen LogP contribution is 2.45. The Balaban J connectivity index is 2.96. The minimum atomic E-state index is -4.07. The molecule has 0 aliphatic carbocycles. The molecule has 0 spiro atoms. The van der Waals surface area contributed by atoms with Crippen molar-refractivity contribution in [2.45, 2.75) is 8.50 Å². The Morgan fingerprint density at radius 1 is 1.33 bits per heavy atom. The van der Waals surface area contributed by atoms with Gasteiger partial charge in [-0.15, -0.1) is 26.9 Å². The van der Waals surface area contributed by atoms with Crippen LogP contribution in [0.15, 0.2) is 30.3 Å². The molecular weight excluding hydrogens is 400 g/mol. The first-order valence-electron chi connectivity index (χ1n) is 5.26. The predicted octanol–water partition coefficient (Wildman–Crippen LogP) is 3.75. The summed E-state index contributed by atoms with van der Waals surface area (Å²) in [5.74, 6) is 0. The molecule has 0 aliphatic heterocycles. The van der Waals surface area contributed by atoms with Crippen molar-refractivity contribution in [1.29, 1.82) is 5.26 Å². The number of benzene rings is 1. The quantitative estimate of drug-likeness (QED) is 0.423. The second-order valence-corrected chi connectivity index (χ2v) is 9.57. The van der Waals surface area contributed by atoms with Crippen LogP contribution < -0.4 is 4.72 Å². The highest BCUT2D eigenvalue weighted by molar-refractivity contribution is 8.11. The van der Waals surface area contributed by atoms with Gasteiger partial charge < -0.3 is 0 Å². The molecule has 0 amide bonds. The molecule has 1 aromatic carbocycles. The first-order valence-corrected chi connectivity index (χ1v) is 9.11. The molecule has 0 aliphatic rings. The third-order valence-electron chi connectivity index (χ3n) is 1.97. The standard InChI is InChI=1S/C10H9Cl4N3O2S2/c11-9(12)10(13,14)20-17(7-6-15)21(18,19)16-8-4-2-1-3-5-8/h1-5,9,16H,7H2. The molecule has 0 heterocycles. The number of hydrogen-bond acceptors (Lipinski definition) is 4. The minimum Gasteiger partial charge on any atom is -0.270 e. The van der Waals surface area contributed by atoms with E-state index in [-0.39, 0.29) is 0 Å². The molecule has 0 unspecified atom stereocenters. The van der Waals surface area contributed by atoms with Gasteiger partial charge in [0, 0.05) is 5.69 Å². The maximum absolute atomic E-state index is 12.2. The fourth-order valence-electron chi connectivity index (χ4n) is 1.11.